The van der Waals surface area contributed by atoms with E-state index in [-0.39, 0.29) is 0 Å². The zero-order chi connectivity index (χ0) is 19.6. The Morgan fingerprint density at radius 3 is 2.29 bits per heavy atom. The van der Waals surface area contributed by atoms with E-state index in [2.05, 4.69) is 7.11 Å². The van der Waals surface area contributed by atoms with Crippen LogP contribution in [0.3, 0.4) is 0 Å². The molecular weight excluding hydrogens is 619 g/mol. The molecule has 0 spiro atoms. The first-order valence-electron chi connectivity index (χ1n) is 8.54. The summed E-state index contributed by atoms with van der Waals surface area (Å²) in [6.07, 6.45) is -5.44. The summed E-state index contributed by atoms with van der Waals surface area (Å²) in [4.78, 5) is 0. The van der Waals surface area contributed by atoms with E-state index >= 15 is 0 Å². The van der Waals surface area contributed by atoms with Crippen molar-refractivity contribution in [3.8, 4) is 5.75 Å². The summed E-state index contributed by atoms with van der Waals surface area (Å²) in [5.41, 5.74) is 2.42. The molecule has 0 radical (unpaired) electrons. The quantitative estimate of drug-likeness (QED) is 0.371. The molecule has 0 aliphatic carbocycles. The summed E-state index contributed by atoms with van der Waals surface area (Å²) >= 11 is 6.32. The standard InChI is InChI=1S/C20H22ClO6.Cm/c1-26-14-5-2-11(3-6-14)8-13-9-12(4-7-15(13)21)20-19(25)18(24)17(23)16(10-22)27-20;/h2-7,9,16-20,22-25H,1,8,10H2;/q-1;/t16?,17-,18?,19?,20+;/m1./s1. The van der Waals surface area contributed by atoms with E-state index in [0.29, 0.717) is 22.8 Å². The van der Waals surface area contributed by atoms with Gasteiger partial charge in [0.05, 0.1) is 12.4 Å². The van der Waals surface area contributed by atoms with E-state index < -0.39 is 37.1 Å². The van der Waals surface area contributed by atoms with Gasteiger partial charge < -0.3 is 29.9 Å². The summed E-state index contributed by atoms with van der Waals surface area (Å²) in [5.74, 6) is 0.653. The van der Waals surface area contributed by atoms with Gasteiger partial charge >= 0.3 is 0 Å². The summed E-state index contributed by atoms with van der Waals surface area (Å²) in [7, 11) is 3.36. The van der Waals surface area contributed by atoms with Crippen molar-refractivity contribution >= 4 is 11.6 Å². The molecule has 3 unspecified atom stereocenters. The number of halogens is 1. The van der Waals surface area contributed by atoms with Crippen molar-refractivity contribution in [2.24, 2.45) is 0 Å². The predicted octanol–water partition coefficient (Wildman–Crippen LogP) is 1.62. The average Bonchev–Trinajstić information content (AvgIpc) is 2.69. The minimum atomic E-state index is -1.42. The van der Waals surface area contributed by atoms with Crippen molar-refractivity contribution in [2.75, 3.05) is 6.61 Å². The van der Waals surface area contributed by atoms with Crippen molar-refractivity contribution in [2.45, 2.75) is 36.9 Å². The number of aliphatic hydroxyl groups excluding tert-OH is 4. The van der Waals surface area contributed by atoms with Crippen molar-refractivity contribution in [1.82, 2.24) is 0 Å². The van der Waals surface area contributed by atoms with Gasteiger partial charge in [-0.05, 0) is 41.3 Å². The van der Waals surface area contributed by atoms with Gasteiger partial charge in [-0.1, -0.05) is 35.9 Å². The molecule has 1 fully saturated rings. The third-order valence-electron chi connectivity index (χ3n) is 4.78. The normalized spacial score (nSPS) is 27.1. The van der Waals surface area contributed by atoms with Crippen LogP contribution in [-0.4, -0.2) is 51.4 Å². The number of benzene rings is 2. The Morgan fingerprint density at radius 1 is 1.00 bits per heavy atom. The summed E-state index contributed by atoms with van der Waals surface area (Å²) in [6, 6.07) is 12.6. The van der Waals surface area contributed by atoms with Gasteiger partial charge in [-0.25, -0.2) is 0 Å². The molecule has 0 bridgehead atoms. The summed E-state index contributed by atoms with van der Waals surface area (Å²) in [5, 5.41) is 40.2. The van der Waals surface area contributed by atoms with Crippen LogP contribution in [0.5, 0.6) is 5.75 Å². The first-order valence-corrected chi connectivity index (χ1v) is 8.92. The Hall–Kier alpha value is -2.67. The second kappa shape index (κ2) is 9.01. The molecule has 6 nitrogen and oxygen atoms in total. The fourth-order valence-electron chi connectivity index (χ4n) is 3.21. The van der Waals surface area contributed by atoms with Crippen molar-refractivity contribution < 1.29 is 29.9 Å². The molecule has 5 atom stereocenters. The van der Waals surface area contributed by atoms with Crippen molar-refractivity contribution in [1.29, 1.82) is 0 Å². The van der Waals surface area contributed by atoms with Crippen LogP contribution in [0.1, 0.15) is 22.8 Å². The minimum Gasteiger partial charge on any atom is -0.665 e. The molecule has 3 rings (SSSR count). The number of aliphatic hydroxyl groups is 4. The van der Waals surface area contributed by atoms with Crippen LogP contribution in [0.15, 0.2) is 42.5 Å². The van der Waals surface area contributed by atoms with Crippen LogP contribution >= 0.6 is 11.6 Å². The molecule has 1 aliphatic rings. The monoisotopic (exact) mass is 636 g/mol. The van der Waals surface area contributed by atoms with E-state index in [1.165, 1.54) is 0 Å². The van der Waals surface area contributed by atoms with Gasteiger partial charge in [0, 0.05) is 5.02 Å². The molecule has 4 N–H and O–H groups in total. The van der Waals surface area contributed by atoms with Gasteiger partial charge in [0.15, 0.2) is 0 Å². The number of hydrogen-bond acceptors (Lipinski definition) is 6. The van der Waals surface area contributed by atoms with Crippen LogP contribution in [0, 0.1) is 7.11 Å². The molecule has 1 aliphatic heterocycles. The van der Waals surface area contributed by atoms with Gasteiger partial charge in [0.25, 0.3) is 0 Å². The van der Waals surface area contributed by atoms with Gasteiger partial charge in [-0.15, -0.1) is 0 Å². The Morgan fingerprint density at radius 2 is 1.68 bits per heavy atom. The van der Waals surface area contributed by atoms with E-state index in [4.69, 9.17) is 21.1 Å². The fourth-order valence-corrected chi connectivity index (χ4v) is 3.39. The van der Waals surface area contributed by atoms with E-state index in [9.17, 15) is 20.4 Å². The second-order valence-electron chi connectivity index (χ2n) is 6.57. The zero-order valence-corrected chi connectivity index (χ0v) is 18.6. The van der Waals surface area contributed by atoms with E-state index in [1.807, 2.05) is 12.1 Å². The van der Waals surface area contributed by atoms with Crippen LogP contribution < -0.4 is 4.74 Å². The maximum absolute atomic E-state index is 10.3. The van der Waals surface area contributed by atoms with E-state index in [1.54, 1.807) is 30.3 Å². The molecule has 28 heavy (non-hydrogen) atoms. The second-order valence-corrected chi connectivity index (χ2v) is 6.97. The minimum absolute atomic E-state index is 0. The zero-order valence-electron chi connectivity index (χ0n) is 14.9. The van der Waals surface area contributed by atoms with Crippen LogP contribution in [0.2, 0.25) is 5.02 Å². The van der Waals surface area contributed by atoms with E-state index in [0.717, 1.165) is 11.1 Å². The Balaban J connectivity index is 0.00000280. The molecule has 0 amide bonds. The molecule has 154 valence electrons. The molecule has 2 aromatic rings. The molecule has 1 saturated heterocycles. The Bertz CT molecular complexity index is 770. The first-order chi connectivity index (χ1) is 12.9. The molecule has 1 heterocycles. The summed E-state index contributed by atoms with van der Waals surface area (Å²) < 4.78 is 10.5. The molecule has 2 aromatic carbocycles. The molecule has 0 saturated carbocycles. The van der Waals surface area contributed by atoms with Crippen molar-refractivity contribution in [3.05, 3.63) is 71.3 Å². The van der Waals surface area contributed by atoms with Gasteiger partial charge in [-0.3, -0.25) is 0 Å². The average molecular weight is 641 g/mol. The third-order valence-corrected chi connectivity index (χ3v) is 5.14. The Kier molecular flexibility index (Phi) is 6.96. The molecular formula is C20H22ClCmO6-. The largest absolute Gasteiger partial charge is 0.665 e. The van der Waals surface area contributed by atoms with Crippen molar-refractivity contribution in [3.63, 3.8) is 0 Å². The predicted molar refractivity (Wildman–Crippen MR) is 99.4 cm³/mol. The smallest absolute Gasteiger partial charge is 0.113 e. The number of hydrogen-bond donors (Lipinski definition) is 4. The first kappa shape index (κ1) is 21.6. The van der Waals surface area contributed by atoms with Gasteiger partial charge in [0.2, 0.25) is 0 Å². The van der Waals surface area contributed by atoms with Gasteiger partial charge in [-0.2, -0.15) is 7.11 Å². The molecule has 8 heteroatoms. The number of rotatable bonds is 5. The van der Waals surface area contributed by atoms with Crippen LogP contribution in [-0.2, 0) is 11.2 Å². The maximum atomic E-state index is 10.3. The number of ether oxygens (including phenoxy) is 2. The Labute approximate surface area is 162 Å². The summed E-state index contributed by atoms with van der Waals surface area (Å²) in [6.45, 7) is -0.470. The maximum Gasteiger partial charge on any atom is 0.113 e. The molecule has 0 aromatic heterocycles. The third kappa shape index (κ3) is 4.25. The SMILES string of the molecule is [CH2-]Oc1ccc(Cc2cc([C@@H]3OC(CO)[C@@H](O)C(O)C3O)ccc2Cl)cc1.[Cm]. The van der Waals surface area contributed by atoms with Crippen LogP contribution in [0.4, 0.5) is 0 Å². The van der Waals surface area contributed by atoms with Crippen LogP contribution in [0.25, 0.3) is 0 Å². The topological polar surface area (TPSA) is 99.4 Å². The van der Waals surface area contributed by atoms with Gasteiger partial charge in [0.1, 0.15) is 30.5 Å². The fraction of sp³-hybridized carbons (Fsp3) is 0.350.